The zero-order valence-electron chi connectivity index (χ0n) is 11.1. The number of carbonyl (C=O) groups is 2. The summed E-state index contributed by atoms with van der Waals surface area (Å²) in [5.41, 5.74) is 5.93. The summed E-state index contributed by atoms with van der Waals surface area (Å²) in [5, 5.41) is 0. The molecule has 0 aliphatic heterocycles. The van der Waals surface area contributed by atoms with Crippen molar-refractivity contribution in [2.75, 3.05) is 0 Å². The Hall–Kier alpha value is -2.48. The van der Waals surface area contributed by atoms with Crippen LogP contribution in [0.4, 0.5) is 0 Å². The summed E-state index contributed by atoms with van der Waals surface area (Å²) in [6.07, 6.45) is 3.65. The van der Waals surface area contributed by atoms with Crippen LogP contribution in [0.15, 0.2) is 65.8 Å². The second kappa shape index (κ2) is 4.57. The minimum Gasteiger partial charge on any atom is -0.303 e. The first-order chi connectivity index (χ1) is 9.63. The molecule has 0 aromatic heterocycles. The monoisotopic (exact) mass is 262 g/mol. The van der Waals surface area contributed by atoms with Gasteiger partial charge >= 0.3 is 0 Å². The highest BCUT2D eigenvalue weighted by Crippen LogP contribution is 2.43. The van der Waals surface area contributed by atoms with Crippen LogP contribution in [0.3, 0.4) is 0 Å². The number of aldehydes is 1. The summed E-state index contributed by atoms with van der Waals surface area (Å²) < 4.78 is 0. The van der Waals surface area contributed by atoms with E-state index in [2.05, 4.69) is 13.2 Å². The molecule has 0 fully saturated rings. The molecule has 0 spiro atoms. The van der Waals surface area contributed by atoms with E-state index >= 15 is 0 Å². The number of Topliss-reactive ketones (excluding diaryl/α,β-unsaturated/α-hetero) is 1. The van der Waals surface area contributed by atoms with Gasteiger partial charge in [-0.1, -0.05) is 37.4 Å². The maximum Gasteiger partial charge on any atom is 0.193 e. The molecule has 98 valence electrons. The van der Waals surface area contributed by atoms with E-state index in [1.165, 1.54) is 0 Å². The van der Waals surface area contributed by atoms with Gasteiger partial charge in [-0.2, -0.15) is 0 Å². The van der Waals surface area contributed by atoms with E-state index in [1.807, 2.05) is 30.3 Å². The molecule has 0 bridgehead atoms. The van der Waals surface area contributed by atoms with E-state index in [0.717, 1.165) is 34.1 Å². The summed E-state index contributed by atoms with van der Waals surface area (Å²) in [5.74, 6) is 0.0388. The lowest BCUT2D eigenvalue weighted by atomic mass is 9.83. The highest BCUT2D eigenvalue weighted by atomic mass is 16.1. The van der Waals surface area contributed by atoms with Gasteiger partial charge in [0.2, 0.25) is 0 Å². The van der Waals surface area contributed by atoms with Crippen molar-refractivity contribution in [3.63, 3.8) is 0 Å². The molecule has 2 aliphatic rings. The van der Waals surface area contributed by atoms with E-state index in [4.69, 9.17) is 0 Å². The third kappa shape index (κ3) is 1.73. The molecular formula is C18H14O2. The fourth-order valence-corrected chi connectivity index (χ4v) is 2.78. The van der Waals surface area contributed by atoms with Crippen molar-refractivity contribution >= 4 is 17.6 Å². The molecule has 0 saturated carbocycles. The topological polar surface area (TPSA) is 34.1 Å². The number of hydrogen-bond acceptors (Lipinski definition) is 2. The van der Waals surface area contributed by atoms with Crippen LogP contribution in [0.1, 0.15) is 28.8 Å². The smallest absolute Gasteiger partial charge is 0.193 e. The third-order valence-corrected chi connectivity index (χ3v) is 3.90. The number of carbonyl (C=O) groups excluding carboxylic acids is 2. The molecule has 3 rings (SSSR count). The first kappa shape index (κ1) is 12.5. The standard InChI is InChI=1S/C18H14O2/c1-11(7-8-19)13-9-16-12(2)14-5-3-4-6-15(14)18(20)17(16)10-13/h3-6,8,10H,1-2,7,9H2. The van der Waals surface area contributed by atoms with Gasteiger partial charge in [0.25, 0.3) is 0 Å². The van der Waals surface area contributed by atoms with Gasteiger partial charge in [0.05, 0.1) is 0 Å². The van der Waals surface area contributed by atoms with Gasteiger partial charge in [-0.25, -0.2) is 0 Å². The SMILES string of the molecule is C=C(CC=O)C1=CC2=C(C1)C(=C)c1ccccc1C2=O. The summed E-state index contributed by atoms with van der Waals surface area (Å²) in [4.78, 5) is 23.1. The average molecular weight is 262 g/mol. The second-order valence-corrected chi connectivity index (χ2v) is 5.07. The van der Waals surface area contributed by atoms with Crippen LogP contribution >= 0.6 is 0 Å². The summed E-state index contributed by atoms with van der Waals surface area (Å²) in [7, 11) is 0. The molecule has 2 heteroatoms. The van der Waals surface area contributed by atoms with Crippen LogP contribution in [0.25, 0.3) is 5.57 Å². The predicted octanol–water partition coefficient (Wildman–Crippen LogP) is 3.67. The van der Waals surface area contributed by atoms with Crippen molar-refractivity contribution in [2.24, 2.45) is 0 Å². The third-order valence-electron chi connectivity index (χ3n) is 3.90. The minimum absolute atomic E-state index is 0.0388. The van der Waals surface area contributed by atoms with Gasteiger partial charge < -0.3 is 4.79 Å². The van der Waals surface area contributed by atoms with E-state index in [1.54, 1.807) is 0 Å². The molecule has 0 radical (unpaired) electrons. The minimum atomic E-state index is 0.0388. The van der Waals surface area contributed by atoms with Crippen LogP contribution in [0.2, 0.25) is 0 Å². The summed E-state index contributed by atoms with van der Waals surface area (Å²) in [6, 6.07) is 7.54. The van der Waals surface area contributed by atoms with Crippen molar-refractivity contribution < 1.29 is 9.59 Å². The number of benzene rings is 1. The molecule has 2 aliphatic carbocycles. The van der Waals surface area contributed by atoms with Crippen molar-refractivity contribution in [1.82, 2.24) is 0 Å². The normalized spacial score (nSPS) is 16.7. The van der Waals surface area contributed by atoms with E-state index in [-0.39, 0.29) is 5.78 Å². The Morgan fingerprint density at radius 3 is 2.65 bits per heavy atom. The lowest BCUT2D eigenvalue weighted by molar-refractivity contribution is -0.107. The highest BCUT2D eigenvalue weighted by molar-refractivity contribution is 6.19. The lowest BCUT2D eigenvalue weighted by Crippen LogP contribution is -2.12. The largest absolute Gasteiger partial charge is 0.303 e. The quantitative estimate of drug-likeness (QED) is 0.779. The molecule has 0 heterocycles. The van der Waals surface area contributed by atoms with Gasteiger partial charge in [-0.05, 0) is 40.4 Å². The fourth-order valence-electron chi connectivity index (χ4n) is 2.78. The van der Waals surface area contributed by atoms with E-state index in [9.17, 15) is 9.59 Å². The first-order valence-corrected chi connectivity index (χ1v) is 6.52. The molecule has 1 aromatic rings. The lowest BCUT2D eigenvalue weighted by Gasteiger charge is -2.19. The zero-order chi connectivity index (χ0) is 14.3. The van der Waals surface area contributed by atoms with E-state index in [0.29, 0.717) is 24.0 Å². The van der Waals surface area contributed by atoms with Gasteiger partial charge in [0.1, 0.15) is 6.29 Å². The number of ketones is 1. The number of rotatable bonds is 3. The molecule has 0 N–H and O–H groups in total. The van der Waals surface area contributed by atoms with Crippen molar-refractivity contribution in [3.05, 3.63) is 76.9 Å². The number of hydrogen-bond donors (Lipinski definition) is 0. The molecule has 20 heavy (non-hydrogen) atoms. The van der Waals surface area contributed by atoms with Crippen LogP contribution in [0, 0.1) is 0 Å². The molecule has 2 nitrogen and oxygen atoms in total. The van der Waals surface area contributed by atoms with Crippen molar-refractivity contribution in [3.8, 4) is 0 Å². The molecule has 0 amide bonds. The Morgan fingerprint density at radius 2 is 1.95 bits per heavy atom. The van der Waals surface area contributed by atoms with Gasteiger partial charge in [-0.15, -0.1) is 0 Å². The predicted molar refractivity (Wildman–Crippen MR) is 79.4 cm³/mol. The Labute approximate surface area is 117 Å². The summed E-state index contributed by atoms with van der Waals surface area (Å²) in [6.45, 7) is 8.05. The maximum atomic E-state index is 12.5. The second-order valence-electron chi connectivity index (χ2n) is 5.07. The number of allylic oxidation sites excluding steroid dienone is 6. The Morgan fingerprint density at radius 1 is 1.25 bits per heavy atom. The Bertz CT molecular complexity index is 730. The van der Waals surface area contributed by atoms with Crippen molar-refractivity contribution in [1.29, 1.82) is 0 Å². The molecule has 0 unspecified atom stereocenters. The highest BCUT2D eigenvalue weighted by Gasteiger charge is 2.31. The fraction of sp³-hybridized carbons (Fsp3) is 0.111. The number of fused-ring (bicyclic) bond motifs is 1. The van der Waals surface area contributed by atoms with Crippen molar-refractivity contribution in [2.45, 2.75) is 12.8 Å². The van der Waals surface area contributed by atoms with Gasteiger partial charge in [-0.3, -0.25) is 4.79 Å². The summed E-state index contributed by atoms with van der Waals surface area (Å²) >= 11 is 0. The van der Waals surface area contributed by atoms with Gasteiger partial charge in [0.15, 0.2) is 5.78 Å². The van der Waals surface area contributed by atoms with Crippen LogP contribution < -0.4 is 0 Å². The van der Waals surface area contributed by atoms with E-state index < -0.39 is 0 Å². The molecular weight excluding hydrogens is 248 g/mol. The maximum absolute atomic E-state index is 12.5. The van der Waals surface area contributed by atoms with Crippen LogP contribution in [-0.2, 0) is 4.79 Å². The van der Waals surface area contributed by atoms with Crippen LogP contribution in [-0.4, -0.2) is 12.1 Å². The molecule has 0 atom stereocenters. The van der Waals surface area contributed by atoms with Gasteiger partial charge in [0, 0.05) is 17.6 Å². The zero-order valence-corrected chi connectivity index (χ0v) is 11.1. The molecule has 1 aromatic carbocycles. The average Bonchev–Trinajstić information content (AvgIpc) is 2.91. The Balaban J connectivity index is 2.03. The first-order valence-electron chi connectivity index (χ1n) is 6.52. The van der Waals surface area contributed by atoms with Crippen LogP contribution in [0.5, 0.6) is 0 Å². The molecule has 0 saturated heterocycles. The Kier molecular flexibility index (Phi) is 2.87.